The Morgan fingerprint density at radius 3 is 2.63 bits per heavy atom. The molecular formula is C21H25FN2O3. The topological polar surface area (TPSA) is 42.0 Å². The molecule has 2 aromatic rings. The zero-order chi connectivity index (χ0) is 19.4. The van der Waals surface area contributed by atoms with E-state index in [1.165, 1.54) is 12.1 Å². The van der Waals surface area contributed by atoms with Crippen LogP contribution >= 0.6 is 0 Å². The van der Waals surface area contributed by atoms with Crippen molar-refractivity contribution in [1.82, 2.24) is 9.80 Å². The summed E-state index contributed by atoms with van der Waals surface area (Å²) in [5.41, 5.74) is 1.69. The van der Waals surface area contributed by atoms with Gasteiger partial charge in [0, 0.05) is 18.7 Å². The first kappa shape index (κ1) is 19.2. The molecule has 3 rings (SSSR count). The standard InChI is InChI=1S/C21H25FN2O3/c1-23(2)19(15-8-10-17(22)11-9-15)21(25)24-12-5-13-27-20-16(14-24)6-4-7-18(20)26-3/h4,6-11,19H,5,12-14H2,1-3H3. The smallest absolute Gasteiger partial charge is 0.244 e. The second kappa shape index (κ2) is 8.39. The third-order valence-corrected chi connectivity index (χ3v) is 4.71. The van der Waals surface area contributed by atoms with Crippen LogP contribution in [0, 0.1) is 5.82 Å². The molecule has 0 fully saturated rings. The Labute approximate surface area is 159 Å². The van der Waals surface area contributed by atoms with Crippen LogP contribution in [0.4, 0.5) is 4.39 Å². The van der Waals surface area contributed by atoms with Crippen LogP contribution < -0.4 is 9.47 Å². The summed E-state index contributed by atoms with van der Waals surface area (Å²) in [6.45, 7) is 1.55. The fourth-order valence-electron chi connectivity index (χ4n) is 3.39. The van der Waals surface area contributed by atoms with Crippen molar-refractivity contribution >= 4 is 5.91 Å². The van der Waals surface area contributed by atoms with Gasteiger partial charge in [-0.3, -0.25) is 9.69 Å². The van der Waals surface area contributed by atoms with E-state index in [0.717, 1.165) is 17.5 Å². The molecule has 5 nitrogen and oxygen atoms in total. The number of halogens is 1. The van der Waals surface area contributed by atoms with Crippen LogP contribution in [-0.4, -0.2) is 50.1 Å². The van der Waals surface area contributed by atoms with E-state index in [9.17, 15) is 9.18 Å². The molecule has 1 heterocycles. The van der Waals surface area contributed by atoms with Crippen molar-refractivity contribution < 1.29 is 18.7 Å². The van der Waals surface area contributed by atoms with Crippen LogP contribution in [-0.2, 0) is 11.3 Å². The maximum atomic E-state index is 13.4. The highest BCUT2D eigenvalue weighted by molar-refractivity contribution is 5.83. The molecule has 1 unspecified atom stereocenters. The van der Waals surface area contributed by atoms with E-state index in [1.807, 2.05) is 42.1 Å². The van der Waals surface area contributed by atoms with E-state index >= 15 is 0 Å². The van der Waals surface area contributed by atoms with Gasteiger partial charge in [0.2, 0.25) is 5.91 Å². The Morgan fingerprint density at radius 1 is 1.22 bits per heavy atom. The molecule has 1 amide bonds. The molecular weight excluding hydrogens is 347 g/mol. The zero-order valence-corrected chi connectivity index (χ0v) is 15.9. The van der Waals surface area contributed by atoms with E-state index in [0.29, 0.717) is 31.2 Å². The lowest BCUT2D eigenvalue weighted by molar-refractivity contribution is -0.137. The number of likely N-dealkylation sites (N-methyl/N-ethyl adjacent to an activating group) is 1. The molecule has 0 bridgehead atoms. The minimum atomic E-state index is -0.472. The highest BCUT2D eigenvalue weighted by atomic mass is 19.1. The Bertz CT molecular complexity index is 793. The van der Waals surface area contributed by atoms with Crippen LogP contribution in [0.5, 0.6) is 11.5 Å². The quantitative estimate of drug-likeness (QED) is 0.826. The molecule has 0 aliphatic carbocycles. The van der Waals surface area contributed by atoms with Crippen LogP contribution in [0.25, 0.3) is 0 Å². The van der Waals surface area contributed by atoms with Gasteiger partial charge < -0.3 is 14.4 Å². The van der Waals surface area contributed by atoms with Crippen molar-refractivity contribution in [3.05, 3.63) is 59.4 Å². The molecule has 0 aromatic heterocycles. The number of ether oxygens (including phenoxy) is 2. The molecule has 0 saturated carbocycles. The summed E-state index contributed by atoms with van der Waals surface area (Å²) in [4.78, 5) is 17.1. The van der Waals surface area contributed by atoms with E-state index in [2.05, 4.69) is 0 Å². The summed E-state index contributed by atoms with van der Waals surface area (Å²) in [6.07, 6.45) is 0.729. The zero-order valence-electron chi connectivity index (χ0n) is 15.9. The van der Waals surface area contributed by atoms with E-state index < -0.39 is 6.04 Å². The molecule has 6 heteroatoms. The average Bonchev–Trinajstić information content (AvgIpc) is 2.63. The largest absolute Gasteiger partial charge is 0.493 e. The Balaban J connectivity index is 1.90. The van der Waals surface area contributed by atoms with Gasteiger partial charge in [0.25, 0.3) is 0 Å². The van der Waals surface area contributed by atoms with Gasteiger partial charge in [-0.1, -0.05) is 24.3 Å². The summed E-state index contributed by atoms with van der Waals surface area (Å²) in [5.74, 6) is 1.04. The Kier molecular flexibility index (Phi) is 5.96. The maximum Gasteiger partial charge on any atom is 0.244 e. The average molecular weight is 372 g/mol. The number of rotatable bonds is 4. The number of nitrogens with zero attached hydrogens (tertiary/aromatic N) is 2. The van der Waals surface area contributed by atoms with Crippen molar-refractivity contribution in [2.75, 3.05) is 34.4 Å². The minimum absolute atomic E-state index is 0.0118. The predicted molar refractivity (Wildman–Crippen MR) is 101 cm³/mol. The number of benzene rings is 2. The third kappa shape index (κ3) is 4.22. The number of para-hydroxylation sites is 1. The van der Waals surface area contributed by atoms with Gasteiger partial charge in [-0.25, -0.2) is 4.39 Å². The molecule has 27 heavy (non-hydrogen) atoms. The van der Waals surface area contributed by atoms with Crippen molar-refractivity contribution in [3.8, 4) is 11.5 Å². The van der Waals surface area contributed by atoms with Gasteiger partial charge in [-0.05, 0) is 44.3 Å². The van der Waals surface area contributed by atoms with Gasteiger partial charge in [-0.2, -0.15) is 0 Å². The van der Waals surface area contributed by atoms with Gasteiger partial charge in [0.1, 0.15) is 11.9 Å². The normalized spacial score (nSPS) is 15.4. The maximum absolute atomic E-state index is 13.4. The van der Waals surface area contributed by atoms with Gasteiger partial charge in [0.15, 0.2) is 11.5 Å². The summed E-state index contributed by atoms with van der Waals surface area (Å²) in [5, 5.41) is 0. The highest BCUT2D eigenvalue weighted by Crippen LogP contribution is 2.34. The van der Waals surface area contributed by atoms with Gasteiger partial charge >= 0.3 is 0 Å². The first-order valence-corrected chi connectivity index (χ1v) is 9.00. The van der Waals surface area contributed by atoms with Crippen molar-refractivity contribution in [1.29, 1.82) is 0 Å². The Morgan fingerprint density at radius 2 is 1.96 bits per heavy atom. The molecule has 0 spiro atoms. The molecule has 1 aliphatic heterocycles. The minimum Gasteiger partial charge on any atom is -0.493 e. The fraction of sp³-hybridized carbons (Fsp3) is 0.381. The first-order chi connectivity index (χ1) is 13.0. The number of carbonyl (C=O) groups is 1. The number of methoxy groups -OCH3 is 1. The van der Waals surface area contributed by atoms with Crippen LogP contribution in [0.3, 0.4) is 0 Å². The molecule has 1 aliphatic rings. The SMILES string of the molecule is COc1cccc2c1OCCCN(C(=O)C(c1ccc(F)cc1)N(C)C)C2. The van der Waals surface area contributed by atoms with E-state index in [4.69, 9.17) is 9.47 Å². The van der Waals surface area contributed by atoms with Crippen molar-refractivity contribution in [2.24, 2.45) is 0 Å². The van der Waals surface area contributed by atoms with Gasteiger partial charge in [0.05, 0.1) is 13.7 Å². The van der Waals surface area contributed by atoms with Gasteiger partial charge in [-0.15, -0.1) is 0 Å². The second-order valence-electron chi connectivity index (χ2n) is 6.83. The molecule has 0 saturated heterocycles. The monoisotopic (exact) mass is 372 g/mol. The molecule has 0 radical (unpaired) electrons. The Hall–Kier alpha value is -2.60. The lowest BCUT2D eigenvalue weighted by atomic mass is 10.0. The second-order valence-corrected chi connectivity index (χ2v) is 6.83. The van der Waals surface area contributed by atoms with Crippen LogP contribution in [0.2, 0.25) is 0 Å². The molecule has 2 aromatic carbocycles. The lowest BCUT2D eigenvalue weighted by Crippen LogP contribution is -2.41. The third-order valence-electron chi connectivity index (χ3n) is 4.71. The van der Waals surface area contributed by atoms with Crippen molar-refractivity contribution in [3.63, 3.8) is 0 Å². The predicted octanol–water partition coefficient (Wildman–Crippen LogP) is 3.25. The number of amides is 1. The van der Waals surface area contributed by atoms with Crippen LogP contribution in [0.15, 0.2) is 42.5 Å². The molecule has 1 atom stereocenters. The van der Waals surface area contributed by atoms with E-state index in [1.54, 1.807) is 19.2 Å². The van der Waals surface area contributed by atoms with Crippen molar-refractivity contribution in [2.45, 2.75) is 19.0 Å². The first-order valence-electron chi connectivity index (χ1n) is 9.00. The number of fused-ring (bicyclic) bond motifs is 1. The summed E-state index contributed by atoms with van der Waals surface area (Å²) >= 11 is 0. The fourth-order valence-corrected chi connectivity index (χ4v) is 3.39. The molecule has 144 valence electrons. The number of hydrogen-bond donors (Lipinski definition) is 0. The van der Waals surface area contributed by atoms with E-state index in [-0.39, 0.29) is 11.7 Å². The number of hydrogen-bond acceptors (Lipinski definition) is 4. The highest BCUT2D eigenvalue weighted by Gasteiger charge is 2.29. The summed E-state index contributed by atoms with van der Waals surface area (Å²) < 4.78 is 24.6. The lowest BCUT2D eigenvalue weighted by Gasteiger charge is -2.33. The van der Waals surface area contributed by atoms with Crippen LogP contribution in [0.1, 0.15) is 23.6 Å². The summed E-state index contributed by atoms with van der Waals surface area (Å²) in [7, 11) is 5.32. The molecule has 0 N–H and O–H groups in total. The number of carbonyl (C=O) groups excluding carboxylic acids is 1. The summed E-state index contributed by atoms with van der Waals surface area (Å²) in [6, 6.07) is 11.3.